The Balaban J connectivity index is 1.67. The highest BCUT2D eigenvalue weighted by Gasteiger charge is 2.27. The number of unbranched alkanes of at least 4 members (excludes halogenated alkanes) is 1. The number of ether oxygens (including phenoxy) is 1. The zero-order chi connectivity index (χ0) is 15.5. The number of hydrogen-bond donors (Lipinski definition) is 1. The second kappa shape index (κ2) is 6.80. The van der Waals surface area contributed by atoms with Gasteiger partial charge < -0.3 is 15.4 Å². The summed E-state index contributed by atoms with van der Waals surface area (Å²) in [7, 11) is 0. The van der Waals surface area contributed by atoms with Crippen LogP contribution in [-0.2, 0) is 22.6 Å². The van der Waals surface area contributed by atoms with Gasteiger partial charge in [-0.2, -0.15) is 0 Å². The van der Waals surface area contributed by atoms with Crippen LogP contribution in [0.2, 0.25) is 0 Å². The maximum Gasteiger partial charge on any atom is 0.223 e. The number of fused-ring (bicyclic) bond motifs is 1. The number of carbonyl (C=O) groups is 1. The smallest absolute Gasteiger partial charge is 0.223 e. The Labute approximate surface area is 132 Å². The number of nitrogens with zero attached hydrogens (tertiary/aromatic N) is 1. The lowest BCUT2D eigenvalue weighted by atomic mass is 9.97. The molecule has 0 saturated carbocycles. The molecule has 3 rings (SSSR count). The molecule has 4 nitrogen and oxygen atoms in total. The lowest BCUT2D eigenvalue weighted by molar-refractivity contribution is -0.131. The van der Waals surface area contributed by atoms with Gasteiger partial charge in [-0.3, -0.25) is 4.79 Å². The fraction of sp³-hybridized carbons (Fsp3) is 0.611. The van der Waals surface area contributed by atoms with Crippen molar-refractivity contribution in [1.29, 1.82) is 0 Å². The highest BCUT2D eigenvalue weighted by atomic mass is 16.5. The quantitative estimate of drug-likeness (QED) is 0.910. The van der Waals surface area contributed by atoms with E-state index in [0.29, 0.717) is 6.42 Å². The minimum atomic E-state index is -0.0577. The van der Waals surface area contributed by atoms with Crippen molar-refractivity contribution in [2.24, 2.45) is 5.73 Å². The van der Waals surface area contributed by atoms with Crippen LogP contribution in [0.1, 0.15) is 61.8 Å². The van der Waals surface area contributed by atoms with Crippen LogP contribution in [-0.4, -0.2) is 23.5 Å². The van der Waals surface area contributed by atoms with Crippen LogP contribution >= 0.6 is 0 Å². The molecule has 1 aromatic carbocycles. The summed E-state index contributed by atoms with van der Waals surface area (Å²) in [6.07, 6.45) is 4.98. The minimum absolute atomic E-state index is 0.0577. The summed E-state index contributed by atoms with van der Waals surface area (Å²) in [6, 6.07) is 6.35. The molecule has 1 saturated heterocycles. The topological polar surface area (TPSA) is 55.6 Å². The molecule has 1 fully saturated rings. The van der Waals surface area contributed by atoms with E-state index in [2.05, 4.69) is 25.1 Å². The van der Waals surface area contributed by atoms with Gasteiger partial charge in [-0.15, -0.1) is 0 Å². The Morgan fingerprint density at radius 2 is 2.23 bits per heavy atom. The van der Waals surface area contributed by atoms with Crippen molar-refractivity contribution in [1.82, 2.24) is 4.90 Å². The van der Waals surface area contributed by atoms with E-state index in [1.165, 1.54) is 11.1 Å². The molecule has 2 aliphatic heterocycles. The molecule has 0 aliphatic carbocycles. The number of amides is 1. The average Bonchev–Trinajstić information content (AvgIpc) is 3.19. The maximum atomic E-state index is 12.2. The van der Waals surface area contributed by atoms with E-state index in [1.54, 1.807) is 0 Å². The summed E-state index contributed by atoms with van der Waals surface area (Å²) >= 11 is 0. The van der Waals surface area contributed by atoms with Crippen molar-refractivity contribution in [2.45, 2.75) is 64.3 Å². The number of hydrogen-bond acceptors (Lipinski definition) is 3. The summed E-state index contributed by atoms with van der Waals surface area (Å²) < 4.78 is 5.70. The van der Waals surface area contributed by atoms with Gasteiger partial charge in [0.25, 0.3) is 0 Å². The second-order valence-electron chi connectivity index (χ2n) is 6.46. The number of benzene rings is 1. The first kappa shape index (κ1) is 15.5. The monoisotopic (exact) mass is 302 g/mol. The summed E-state index contributed by atoms with van der Waals surface area (Å²) in [5.41, 5.74) is 9.99. The van der Waals surface area contributed by atoms with E-state index in [4.69, 9.17) is 10.5 Å². The first-order chi connectivity index (χ1) is 10.7. The van der Waals surface area contributed by atoms with Gasteiger partial charge in [0.15, 0.2) is 0 Å². The normalized spacial score (nSPS) is 21.9. The molecule has 1 amide bonds. The second-order valence-corrected chi connectivity index (χ2v) is 6.46. The molecule has 2 N–H and O–H groups in total. The van der Waals surface area contributed by atoms with Crippen molar-refractivity contribution in [3.63, 3.8) is 0 Å². The molecule has 22 heavy (non-hydrogen) atoms. The Morgan fingerprint density at radius 1 is 1.41 bits per heavy atom. The Morgan fingerprint density at radius 3 is 2.95 bits per heavy atom. The lowest BCUT2D eigenvalue weighted by Crippen LogP contribution is -2.25. The van der Waals surface area contributed by atoms with Gasteiger partial charge in [-0.05, 0) is 36.0 Å². The van der Waals surface area contributed by atoms with Crippen LogP contribution in [0.3, 0.4) is 0 Å². The Bertz CT molecular complexity index is 538. The number of nitrogens with two attached hydrogens (primary N) is 1. The summed E-state index contributed by atoms with van der Waals surface area (Å²) in [4.78, 5) is 14.1. The van der Waals surface area contributed by atoms with Gasteiger partial charge in [0, 0.05) is 26.1 Å². The molecule has 120 valence electrons. The molecule has 2 unspecified atom stereocenters. The highest BCUT2D eigenvalue weighted by molar-refractivity contribution is 5.77. The van der Waals surface area contributed by atoms with Crippen molar-refractivity contribution in [3.8, 4) is 0 Å². The predicted octanol–water partition coefficient (Wildman–Crippen LogP) is 2.90. The standard InChI is InChI=1S/C18H26N2O2/c1-2-3-6-17(21)20-11-14-8-7-13(10-15(14)12-20)18(19)16-5-4-9-22-16/h7-8,10,16,18H,2-6,9,11-12,19H2,1H3. The molecular weight excluding hydrogens is 276 g/mol. The van der Waals surface area contributed by atoms with Crippen LogP contribution in [0.25, 0.3) is 0 Å². The summed E-state index contributed by atoms with van der Waals surface area (Å²) in [6.45, 7) is 4.41. The van der Waals surface area contributed by atoms with E-state index in [1.807, 2.05) is 4.90 Å². The Hall–Kier alpha value is -1.39. The number of rotatable bonds is 5. The zero-order valence-electron chi connectivity index (χ0n) is 13.4. The van der Waals surface area contributed by atoms with Gasteiger partial charge in [0.05, 0.1) is 12.1 Å². The van der Waals surface area contributed by atoms with Crippen LogP contribution in [0, 0.1) is 0 Å². The van der Waals surface area contributed by atoms with E-state index in [0.717, 1.165) is 50.9 Å². The molecule has 0 bridgehead atoms. The third kappa shape index (κ3) is 3.18. The van der Waals surface area contributed by atoms with E-state index in [9.17, 15) is 4.79 Å². The lowest BCUT2D eigenvalue weighted by Gasteiger charge is -2.19. The van der Waals surface area contributed by atoms with Crippen LogP contribution < -0.4 is 5.73 Å². The minimum Gasteiger partial charge on any atom is -0.376 e. The third-order valence-corrected chi connectivity index (χ3v) is 4.80. The number of carbonyl (C=O) groups excluding carboxylic acids is 1. The fourth-order valence-electron chi connectivity index (χ4n) is 3.38. The average molecular weight is 302 g/mol. The van der Waals surface area contributed by atoms with Gasteiger partial charge in [-0.1, -0.05) is 31.5 Å². The fourth-order valence-corrected chi connectivity index (χ4v) is 3.38. The largest absolute Gasteiger partial charge is 0.376 e. The first-order valence-corrected chi connectivity index (χ1v) is 8.45. The molecule has 0 spiro atoms. The van der Waals surface area contributed by atoms with Crippen molar-refractivity contribution in [3.05, 3.63) is 34.9 Å². The highest BCUT2D eigenvalue weighted by Crippen LogP contribution is 2.30. The molecule has 4 heteroatoms. The van der Waals surface area contributed by atoms with Crippen LogP contribution in [0.15, 0.2) is 18.2 Å². The van der Waals surface area contributed by atoms with Crippen molar-refractivity contribution >= 4 is 5.91 Å². The van der Waals surface area contributed by atoms with E-state index >= 15 is 0 Å². The van der Waals surface area contributed by atoms with Gasteiger partial charge >= 0.3 is 0 Å². The van der Waals surface area contributed by atoms with Crippen molar-refractivity contribution < 1.29 is 9.53 Å². The summed E-state index contributed by atoms with van der Waals surface area (Å²) in [5.74, 6) is 0.267. The molecule has 2 aliphatic rings. The van der Waals surface area contributed by atoms with Crippen molar-refractivity contribution in [2.75, 3.05) is 6.61 Å². The van der Waals surface area contributed by atoms with Gasteiger partial charge in [0.2, 0.25) is 5.91 Å². The maximum absolute atomic E-state index is 12.2. The van der Waals surface area contributed by atoms with Gasteiger partial charge in [-0.25, -0.2) is 0 Å². The van der Waals surface area contributed by atoms with Gasteiger partial charge in [0.1, 0.15) is 0 Å². The van der Waals surface area contributed by atoms with E-state index < -0.39 is 0 Å². The molecule has 2 heterocycles. The zero-order valence-corrected chi connectivity index (χ0v) is 13.4. The molecule has 0 aromatic heterocycles. The SMILES string of the molecule is CCCCC(=O)N1Cc2ccc(C(N)C3CCCO3)cc2C1. The molecule has 1 aromatic rings. The third-order valence-electron chi connectivity index (χ3n) is 4.80. The van der Waals surface area contributed by atoms with E-state index in [-0.39, 0.29) is 18.1 Å². The van der Waals surface area contributed by atoms with Crippen LogP contribution in [0.4, 0.5) is 0 Å². The molecule has 2 atom stereocenters. The molecular formula is C18H26N2O2. The Kier molecular flexibility index (Phi) is 4.79. The molecule has 0 radical (unpaired) electrons. The summed E-state index contributed by atoms with van der Waals surface area (Å²) in [5, 5.41) is 0. The first-order valence-electron chi connectivity index (χ1n) is 8.45. The van der Waals surface area contributed by atoms with Crippen LogP contribution in [0.5, 0.6) is 0 Å². The predicted molar refractivity (Wildman–Crippen MR) is 86.1 cm³/mol.